The minimum Gasteiger partial charge on any atom is -0.495 e. The van der Waals surface area contributed by atoms with Gasteiger partial charge in [-0.1, -0.05) is 29.8 Å². The van der Waals surface area contributed by atoms with Crippen LogP contribution in [0.15, 0.2) is 60.0 Å². The van der Waals surface area contributed by atoms with Crippen molar-refractivity contribution in [3.63, 3.8) is 0 Å². The van der Waals surface area contributed by atoms with Crippen molar-refractivity contribution < 1.29 is 23.9 Å². The normalized spacial score (nSPS) is 10.3. The summed E-state index contributed by atoms with van der Waals surface area (Å²) in [6, 6.07) is 14.4. The highest BCUT2D eigenvalue weighted by atomic mass is 35.5. The second kappa shape index (κ2) is 9.36. The third-order valence-electron chi connectivity index (χ3n) is 3.95. The van der Waals surface area contributed by atoms with Crippen LogP contribution in [0, 0.1) is 0 Å². The van der Waals surface area contributed by atoms with Crippen LogP contribution in [0.1, 0.15) is 30.4 Å². The Morgan fingerprint density at radius 3 is 2.55 bits per heavy atom. The summed E-state index contributed by atoms with van der Waals surface area (Å²) in [5.41, 5.74) is 0.747. The molecule has 0 atom stereocenters. The number of hydrogen-bond donors (Lipinski definition) is 1. The molecule has 148 valence electrons. The minimum atomic E-state index is -0.722. The molecule has 0 aliphatic rings. The van der Waals surface area contributed by atoms with Gasteiger partial charge in [0.25, 0.3) is 5.91 Å². The molecule has 1 heterocycles. The second-order valence-electron chi connectivity index (χ2n) is 5.83. The maximum atomic E-state index is 12.5. The van der Waals surface area contributed by atoms with Gasteiger partial charge in [-0.3, -0.25) is 9.59 Å². The zero-order valence-electron chi connectivity index (χ0n) is 15.3. The van der Waals surface area contributed by atoms with Gasteiger partial charge in [0, 0.05) is 5.56 Å². The Hall–Kier alpha value is -3.16. The van der Waals surface area contributed by atoms with Crippen LogP contribution in [-0.4, -0.2) is 31.4 Å². The summed E-state index contributed by atoms with van der Waals surface area (Å²) in [5, 5.41) is 4.76. The van der Waals surface area contributed by atoms with Gasteiger partial charge in [0.1, 0.15) is 5.75 Å². The van der Waals surface area contributed by atoms with Crippen LogP contribution in [0.3, 0.4) is 0 Å². The number of ketones is 1. The van der Waals surface area contributed by atoms with Crippen molar-refractivity contribution in [1.82, 2.24) is 0 Å². The number of Topliss-reactive ketones (excluding diaryl/α,β-unsaturated/α-hetero) is 1. The molecule has 29 heavy (non-hydrogen) atoms. The van der Waals surface area contributed by atoms with E-state index in [-0.39, 0.29) is 16.5 Å². The summed E-state index contributed by atoms with van der Waals surface area (Å²) < 4.78 is 10.2. The van der Waals surface area contributed by atoms with Crippen LogP contribution in [0.2, 0.25) is 5.02 Å². The van der Waals surface area contributed by atoms with E-state index in [0.29, 0.717) is 21.9 Å². The van der Waals surface area contributed by atoms with E-state index in [9.17, 15) is 14.4 Å². The van der Waals surface area contributed by atoms with Gasteiger partial charge >= 0.3 is 5.97 Å². The van der Waals surface area contributed by atoms with Crippen LogP contribution >= 0.6 is 22.9 Å². The first-order valence-corrected chi connectivity index (χ1v) is 9.73. The molecular formula is C21H16ClNO5S. The lowest BCUT2D eigenvalue weighted by atomic mass is 10.1. The molecule has 0 spiro atoms. The Morgan fingerprint density at radius 2 is 1.86 bits per heavy atom. The highest BCUT2D eigenvalue weighted by molar-refractivity contribution is 7.12. The predicted molar refractivity (Wildman–Crippen MR) is 111 cm³/mol. The summed E-state index contributed by atoms with van der Waals surface area (Å²) in [6.45, 7) is -0.464. The standard InChI is InChI=1S/C21H16ClNO5S/c1-27-18-9-8-13(11-15(18)22)17(24)12-28-21(26)14-5-2-3-6-16(14)23-20(25)19-7-4-10-29-19/h2-11H,12H2,1H3,(H,23,25). The van der Waals surface area contributed by atoms with Crippen molar-refractivity contribution in [2.75, 3.05) is 19.0 Å². The lowest BCUT2D eigenvalue weighted by Crippen LogP contribution is -2.17. The van der Waals surface area contributed by atoms with E-state index in [1.54, 1.807) is 41.8 Å². The number of para-hydroxylation sites is 1. The highest BCUT2D eigenvalue weighted by Crippen LogP contribution is 2.25. The van der Waals surface area contributed by atoms with Crippen molar-refractivity contribution in [2.24, 2.45) is 0 Å². The van der Waals surface area contributed by atoms with Gasteiger partial charge in [0.15, 0.2) is 12.4 Å². The van der Waals surface area contributed by atoms with Crippen LogP contribution < -0.4 is 10.1 Å². The highest BCUT2D eigenvalue weighted by Gasteiger charge is 2.18. The number of amides is 1. The number of thiophene rings is 1. The second-order valence-corrected chi connectivity index (χ2v) is 7.18. The summed E-state index contributed by atoms with van der Waals surface area (Å²) >= 11 is 7.31. The van der Waals surface area contributed by atoms with Gasteiger partial charge in [-0.25, -0.2) is 4.79 Å². The van der Waals surface area contributed by atoms with Crippen LogP contribution in [0.25, 0.3) is 0 Å². The lowest BCUT2D eigenvalue weighted by molar-refractivity contribution is 0.0475. The number of ether oxygens (including phenoxy) is 2. The zero-order valence-corrected chi connectivity index (χ0v) is 16.9. The van der Waals surface area contributed by atoms with Gasteiger partial charge in [-0.2, -0.15) is 0 Å². The number of carbonyl (C=O) groups excluding carboxylic acids is 3. The molecule has 0 saturated heterocycles. The number of esters is 1. The maximum Gasteiger partial charge on any atom is 0.340 e. The molecule has 1 aromatic heterocycles. The number of halogens is 1. The molecular weight excluding hydrogens is 414 g/mol. The molecule has 6 nitrogen and oxygen atoms in total. The van der Waals surface area contributed by atoms with Crippen LogP contribution in [0.5, 0.6) is 5.75 Å². The van der Waals surface area contributed by atoms with Crippen LogP contribution in [-0.2, 0) is 4.74 Å². The van der Waals surface area contributed by atoms with Gasteiger partial charge in [-0.15, -0.1) is 11.3 Å². The molecule has 0 unspecified atom stereocenters. The smallest absolute Gasteiger partial charge is 0.340 e. The van der Waals surface area contributed by atoms with Crippen molar-refractivity contribution in [2.45, 2.75) is 0 Å². The molecule has 1 amide bonds. The molecule has 0 bridgehead atoms. The third-order valence-corrected chi connectivity index (χ3v) is 5.11. The van der Waals surface area contributed by atoms with Crippen molar-refractivity contribution in [3.8, 4) is 5.75 Å². The zero-order chi connectivity index (χ0) is 20.8. The van der Waals surface area contributed by atoms with E-state index in [0.717, 1.165) is 0 Å². The van der Waals surface area contributed by atoms with E-state index in [1.165, 1.54) is 36.6 Å². The van der Waals surface area contributed by atoms with Crippen molar-refractivity contribution >= 4 is 46.3 Å². The van der Waals surface area contributed by atoms with Gasteiger partial charge in [-0.05, 0) is 41.8 Å². The number of nitrogens with one attached hydrogen (secondary N) is 1. The van der Waals surface area contributed by atoms with E-state index >= 15 is 0 Å². The molecule has 3 aromatic rings. The summed E-state index contributed by atoms with van der Waals surface area (Å²) in [6.07, 6.45) is 0. The first-order chi connectivity index (χ1) is 14.0. The Morgan fingerprint density at radius 1 is 1.07 bits per heavy atom. The molecule has 2 aromatic carbocycles. The molecule has 1 N–H and O–H groups in total. The van der Waals surface area contributed by atoms with E-state index in [2.05, 4.69) is 5.32 Å². The summed E-state index contributed by atoms with van der Waals surface area (Å²) in [4.78, 5) is 37.5. The number of benzene rings is 2. The Kier molecular flexibility index (Phi) is 6.64. The molecule has 0 fully saturated rings. The first kappa shape index (κ1) is 20.6. The first-order valence-electron chi connectivity index (χ1n) is 8.47. The molecule has 3 rings (SSSR count). The SMILES string of the molecule is COc1ccc(C(=O)COC(=O)c2ccccc2NC(=O)c2cccs2)cc1Cl. The number of rotatable bonds is 7. The molecule has 0 radical (unpaired) electrons. The number of carbonyl (C=O) groups is 3. The topological polar surface area (TPSA) is 81.7 Å². The largest absolute Gasteiger partial charge is 0.495 e. The quantitative estimate of drug-likeness (QED) is 0.434. The Balaban J connectivity index is 1.67. The monoisotopic (exact) mass is 429 g/mol. The fourth-order valence-corrected chi connectivity index (χ4v) is 3.37. The summed E-state index contributed by atoms with van der Waals surface area (Å²) in [5.74, 6) is -1.03. The molecule has 0 saturated carbocycles. The van der Waals surface area contributed by atoms with E-state index in [1.807, 2.05) is 0 Å². The van der Waals surface area contributed by atoms with Crippen LogP contribution in [0.4, 0.5) is 5.69 Å². The fraction of sp³-hybridized carbons (Fsp3) is 0.0952. The average molecular weight is 430 g/mol. The predicted octanol–water partition coefficient (Wildman–Crippen LogP) is 4.70. The van der Waals surface area contributed by atoms with Gasteiger partial charge in [0.05, 0.1) is 28.3 Å². The fourth-order valence-electron chi connectivity index (χ4n) is 2.49. The van der Waals surface area contributed by atoms with E-state index < -0.39 is 18.4 Å². The average Bonchev–Trinajstić information content (AvgIpc) is 3.27. The maximum absolute atomic E-state index is 12.5. The van der Waals surface area contributed by atoms with Gasteiger partial charge in [0.2, 0.25) is 0 Å². The van der Waals surface area contributed by atoms with Gasteiger partial charge < -0.3 is 14.8 Å². The Labute approximate surface area is 176 Å². The molecule has 0 aliphatic heterocycles. The van der Waals surface area contributed by atoms with E-state index in [4.69, 9.17) is 21.1 Å². The molecule has 0 aliphatic carbocycles. The number of methoxy groups -OCH3 is 1. The third kappa shape index (κ3) is 5.01. The minimum absolute atomic E-state index is 0.151. The molecule has 8 heteroatoms. The summed E-state index contributed by atoms with van der Waals surface area (Å²) in [7, 11) is 1.47. The lowest BCUT2D eigenvalue weighted by Gasteiger charge is -2.10. The number of anilines is 1. The van der Waals surface area contributed by atoms with Crippen molar-refractivity contribution in [1.29, 1.82) is 0 Å². The Bertz CT molecular complexity index is 1050. The van der Waals surface area contributed by atoms with Crippen molar-refractivity contribution in [3.05, 3.63) is 81.0 Å². The number of hydrogen-bond acceptors (Lipinski definition) is 6.